The fraction of sp³-hybridized carbons (Fsp3) is 0.333. The lowest BCUT2D eigenvalue weighted by molar-refractivity contribution is 0.284. The summed E-state index contributed by atoms with van der Waals surface area (Å²) in [5, 5.41) is 12.1. The van der Waals surface area contributed by atoms with Gasteiger partial charge in [0.05, 0.1) is 18.6 Å². The van der Waals surface area contributed by atoms with Crippen LogP contribution < -0.4 is 10.0 Å². The second-order valence-corrected chi connectivity index (χ2v) is 11.0. The van der Waals surface area contributed by atoms with Crippen molar-refractivity contribution < 1.29 is 8.42 Å². The number of sulfonamides is 1. The zero-order valence-corrected chi connectivity index (χ0v) is 20.7. The third-order valence-electron chi connectivity index (χ3n) is 6.17. The van der Waals surface area contributed by atoms with E-state index in [2.05, 4.69) is 31.3 Å². The summed E-state index contributed by atoms with van der Waals surface area (Å²) in [6.07, 6.45) is 12.3. The van der Waals surface area contributed by atoms with Gasteiger partial charge in [-0.2, -0.15) is 10.2 Å². The Kier molecular flexibility index (Phi) is 6.12. The van der Waals surface area contributed by atoms with E-state index in [9.17, 15) is 8.42 Å². The fourth-order valence-electron chi connectivity index (χ4n) is 4.29. The van der Waals surface area contributed by atoms with E-state index in [-0.39, 0.29) is 6.04 Å². The van der Waals surface area contributed by atoms with E-state index in [1.807, 2.05) is 57.1 Å². The van der Waals surface area contributed by atoms with Crippen LogP contribution in [-0.4, -0.2) is 56.8 Å². The van der Waals surface area contributed by atoms with Crippen LogP contribution in [0.1, 0.15) is 12.8 Å². The Balaban J connectivity index is 1.41. The molecule has 0 amide bonds. The summed E-state index contributed by atoms with van der Waals surface area (Å²) < 4.78 is 28.9. The summed E-state index contributed by atoms with van der Waals surface area (Å²) in [4.78, 5) is 9.58. The molecule has 1 aliphatic rings. The molecule has 2 N–H and O–H groups in total. The number of hydrogen-bond donors (Lipinski definition) is 2. The van der Waals surface area contributed by atoms with Crippen molar-refractivity contribution in [3.8, 4) is 33.6 Å². The molecule has 3 heterocycles. The van der Waals surface area contributed by atoms with Gasteiger partial charge in [-0.3, -0.25) is 9.36 Å². The molecule has 10 nitrogen and oxygen atoms in total. The molecule has 1 aliphatic carbocycles. The van der Waals surface area contributed by atoms with Crippen molar-refractivity contribution in [3.05, 3.63) is 55.2 Å². The van der Waals surface area contributed by atoms with Crippen molar-refractivity contribution in [3.63, 3.8) is 0 Å². The number of aryl methyl sites for hydroxylation is 2. The zero-order valence-electron chi connectivity index (χ0n) is 19.9. The minimum Gasteiger partial charge on any atom is -0.367 e. The second kappa shape index (κ2) is 9.23. The maximum atomic E-state index is 11.4. The molecule has 0 atom stereocenters. The molecule has 0 aliphatic heterocycles. The van der Waals surface area contributed by atoms with Gasteiger partial charge in [-0.05, 0) is 30.4 Å². The van der Waals surface area contributed by atoms with Crippen molar-refractivity contribution in [2.24, 2.45) is 20.0 Å². The summed E-state index contributed by atoms with van der Waals surface area (Å²) >= 11 is 0. The molecule has 4 aromatic rings. The lowest BCUT2D eigenvalue weighted by atomic mass is 9.80. The molecule has 1 fully saturated rings. The molecule has 0 saturated heterocycles. The summed E-state index contributed by atoms with van der Waals surface area (Å²) in [6.45, 7) is 0.461. The number of benzene rings is 1. The number of rotatable bonds is 8. The topological polar surface area (TPSA) is 120 Å². The second-order valence-electron chi connectivity index (χ2n) is 9.14. The van der Waals surface area contributed by atoms with Crippen LogP contribution in [0.4, 0.5) is 5.82 Å². The molecule has 1 saturated carbocycles. The molecule has 0 radical (unpaired) electrons. The van der Waals surface area contributed by atoms with E-state index in [0.29, 0.717) is 18.3 Å². The Hall–Kier alpha value is -3.57. The average Bonchev–Trinajstić information content (AvgIpc) is 3.42. The molecule has 1 aromatic carbocycles. The lowest BCUT2D eigenvalue weighted by Gasteiger charge is -2.36. The van der Waals surface area contributed by atoms with Gasteiger partial charge in [-0.1, -0.05) is 18.2 Å². The van der Waals surface area contributed by atoms with Crippen LogP contribution in [0, 0.1) is 5.92 Å². The number of nitrogens with one attached hydrogen (secondary N) is 2. The van der Waals surface area contributed by atoms with Crippen LogP contribution in [0.2, 0.25) is 0 Å². The molecular weight excluding hydrogens is 464 g/mol. The van der Waals surface area contributed by atoms with E-state index >= 15 is 0 Å². The van der Waals surface area contributed by atoms with Crippen LogP contribution in [0.3, 0.4) is 0 Å². The van der Waals surface area contributed by atoms with Gasteiger partial charge in [0, 0.05) is 67.5 Å². The van der Waals surface area contributed by atoms with Crippen molar-refractivity contribution in [1.29, 1.82) is 0 Å². The summed E-state index contributed by atoms with van der Waals surface area (Å²) in [5.41, 5.74) is 4.80. The van der Waals surface area contributed by atoms with E-state index in [1.165, 1.54) is 6.26 Å². The summed E-state index contributed by atoms with van der Waals surface area (Å²) in [7, 11) is 0.596. The minimum absolute atomic E-state index is 0.209. The number of hydrogen-bond acceptors (Lipinski definition) is 7. The molecule has 182 valence electrons. The third kappa shape index (κ3) is 5.41. The predicted molar refractivity (Wildman–Crippen MR) is 135 cm³/mol. The summed E-state index contributed by atoms with van der Waals surface area (Å²) in [6, 6.07) is 8.31. The largest absolute Gasteiger partial charge is 0.367 e. The first kappa shape index (κ1) is 23.2. The highest BCUT2D eigenvalue weighted by Crippen LogP contribution is 2.34. The quantitative estimate of drug-likeness (QED) is 0.388. The van der Waals surface area contributed by atoms with Crippen molar-refractivity contribution >= 4 is 15.8 Å². The Morgan fingerprint density at radius 2 is 1.66 bits per heavy atom. The van der Waals surface area contributed by atoms with E-state index in [0.717, 1.165) is 46.5 Å². The van der Waals surface area contributed by atoms with Gasteiger partial charge in [0.2, 0.25) is 10.0 Å². The van der Waals surface area contributed by atoms with E-state index in [1.54, 1.807) is 15.6 Å². The highest BCUT2D eigenvalue weighted by molar-refractivity contribution is 7.88. The first-order valence-electron chi connectivity index (χ1n) is 11.4. The lowest BCUT2D eigenvalue weighted by Crippen LogP contribution is -2.42. The first-order valence-corrected chi connectivity index (χ1v) is 13.3. The molecule has 35 heavy (non-hydrogen) atoms. The normalized spacial score (nSPS) is 17.8. The third-order valence-corrected chi connectivity index (χ3v) is 6.87. The van der Waals surface area contributed by atoms with Gasteiger partial charge in [-0.25, -0.2) is 23.1 Å². The average molecular weight is 493 g/mol. The van der Waals surface area contributed by atoms with Crippen LogP contribution in [0.25, 0.3) is 33.6 Å². The Labute approximate surface area is 204 Å². The number of aromatic nitrogens is 6. The van der Waals surface area contributed by atoms with Gasteiger partial charge < -0.3 is 5.32 Å². The van der Waals surface area contributed by atoms with Crippen LogP contribution >= 0.6 is 0 Å². The van der Waals surface area contributed by atoms with E-state index < -0.39 is 10.0 Å². The fourth-order valence-corrected chi connectivity index (χ4v) is 4.83. The molecule has 0 spiro atoms. The Bertz CT molecular complexity index is 1450. The Morgan fingerprint density at radius 3 is 2.31 bits per heavy atom. The molecule has 0 unspecified atom stereocenters. The van der Waals surface area contributed by atoms with Crippen LogP contribution in [0.15, 0.2) is 55.2 Å². The highest BCUT2D eigenvalue weighted by atomic mass is 32.2. The standard InChI is InChI=1S/C24H28N8O2S/c1-31-14-19(11-26-31)17-5-4-6-18(9-17)23-25-13-22(20-12-27-32(2)15-20)24(30-23)29-21-7-16(8-21)10-28-35(3,33)34/h4-6,9,11-16,21,28H,7-8,10H2,1-3H3,(H,25,29,30)/t16-,21+. The van der Waals surface area contributed by atoms with Crippen LogP contribution in [0.5, 0.6) is 0 Å². The smallest absolute Gasteiger partial charge is 0.208 e. The first-order chi connectivity index (χ1) is 16.7. The SMILES string of the molecule is Cn1cc(-c2cccc(-c3ncc(-c4cnn(C)c4)c(N[C@H]4C[C@@H](CNS(C)(=O)=O)C4)n3)c2)cn1. The highest BCUT2D eigenvalue weighted by Gasteiger charge is 2.30. The maximum absolute atomic E-state index is 11.4. The molecule has 11 heteroatoms. The van der Waals surface area contributed by atoms with Gasteiger partial charge >= 0.3 is 0 Å². The van der Waals surface area contributed by atoms with Gasteiger partial charge in [-0.15, -0.1) is 0 Å². The minimum atomic E-state index is -3.18. The molecular formula is C24H28N8O2S. The zero-order chi connectivity index (χ0) is 24.6. The van der Waals surface area contributed by atoms with Gasteiger partial charge in [0.15, 0.2) is 5.82 Å². The van der Waals surface area contributed by atoms with Crippen molar-refractivity contribution in [2.45, 2.75) is 18.9 Å². The number of anilines is 1. The number of nitrogens with zero attached hydrogens (tertiary/aromatic N) is 6. The monoisotopic (exact) mass is 492 g/mol. The predicted octanol–water partition coefficient (Wildman–Crippen LogP) is 2.68. The molecule has 3 aromatic heterocycles. The van der Waals surface area contributed by atoms with Crippen molar-refractivity contribution in [1.82, 2.24) is 34.3 Å². The van der Waals surface area contributed by atoms with Gasteiger partial charge in [0.25, 0.3) is 0 Å². The van der Waals surface area contributed by atoms with Gasteiger partial charge in [0.1, 0.15) is 5.82 Å². The van der Waals surface area contributed by atoms with E-state index in [4.69, 9.17) is 4.98 Å². The molecule has 5 rings (SSSR count). The van der Waals surface area contributed by atoms with Crippen molar-refractivity contribution in [2.75, 3.05) is 18.1 Å². The maximum Gasteiger partial charge on any atom is 0.208 e. The summed E-state index contributed by atoms with van der Waals surface area (Å²) in [5.74, 6) is 1.68. The Morgan fingerprint density at radius 1 is 0.971 bits per heavy atom. The molecule has 0 bridgehead atoms. The van der Waals surface area contributed by atoms with Crippen LogP contribution in [-0.2, 0) is 24.1 Å².